The number of nitrogens with one attached hydrogen (secondary N) is 1. The zero-order chi connectivity index (χ0) is 26.1. The van der Waals surface area contributed by atoms with Gasteiger partial charge in [-0.3, -0.25) is 9.59 Å². The fraction of sp³-hybridized carbons (Fsp3) is 0.355. The Morgan fingerprint density at radius 2 is 1.53 bits per heavy atom. The quantitative estimate of drug-likeness (QED) is 0.380. The van der Waals surface area contributed by atoms with Crippen molar-refractivity contribution in [1.29, 1.82) is 0 Å². The van der Waals surface area contributed by atoms with E-state index >= 15 is 0 Å². The normalized spacial score (nSPS) is 11.9. The summed E-state index contributed by atoms with van der Waals surface area (Å²) in [7, 11) is 0. The second kappa shape index (κ2) is 12.9. The molecule has 0 aliphatic carbocycles. The van der Waals surface area contributed by atoms with Gasteiger partial charge in [0.2, 0.25) is 5.91 Å². The van der Waals surface area contributed by atoms with Crippen molar-refractivity contribution in [2.24, 2.45) is 0 Å². The van der Waals surface area contributed by atoms with Crippen LogP contribution in [0.15, 0.2) is 78.9 Å². The first-order valence-electron chi connectivity index (χ1n) is 12.6. The second-order valence-corrected chi connectivity index (χ2v) is 9.89. The van der Waals surface area contributed by atoms with E-state index in [2.05, 4.69) is 19.2 Å². The van der Waals surface area contributed by atoms with E-state index in [4.69, 9.17) is 4.74 Å². The Bertz CT molecular complexity index is 1120. The van der Waals surface area contributed by atoms with Crippen molar-refractivity contribution in [2.45, 2.75) is 65.6 Å². The lowest BCUT2D eigenvalue weighted by Crippen LogP contribution is -2.52. The molecule has 3 rings (SSSR count). The van der Waals surface area contributed by atoms with Crippen LogP contribution in [0.4, 0.5) is 0 Å². The maximum atomic E-state index is 13.6. The van der Waals surface area contributed by atoms with E-state index < -0.39 is 6.04 Å². The highest BCUT2D eigenvalue weighted by atomic mass is 16.5. The van der Waals surface area contributed by atoms with Crippen LogP contribution in [0.3, 0.4) is 0 Å². The SMILES string of the molecule is Cc1cccc(CN(C(=O)COc2ccc(C(C)C)cc2)[C@H](Cc2ccccc2)C(=O)NC(C)C)c1. The number of ether oxygens (including phenoxy) is 1. The molecule has 3 aromatic carbocycles. The van der Waals surface area contributed by atoms with Crippen LogP contribution in [0.25, 0.3) is 0 Å². The Balaban J connectivity index is 1.88. The van der Waals surface area contributed by atoms with E-state index in [1.807, 2.05) is 99.6 Å². The van der Waals surface area contributed by atoms with Crippen LogP contribution in [0.1, 0.15) is 55.9 Å². The summed E-state index contributed by atoms with van der Waals surface area (Å²) in [6.45, 7) is 10.3. The predicted octanol–water partition coefficient (Wildman–Crippen LogP) is 5.66. The van der Waals surface area contributed by atoms with Gasteiger partial charge in [0.15, 0.2) is 6.61 Å². The maximum absolute atomic E-state index is 13.6. The third kappa shape index (κ3) is 7.98. The molecule has 0 spiro atoms. The van der Waals surface area contributed by atoms with Crippen molar-refractivity contribution >= 4 is 11.8 Å². The molecule has 0 aliphatic rings. The molecule has 5 nitrogen and oxygen atoms in total. The average molecular weight is 487 g/mol. The molecule has 0 radical (unpaired) electrons. The van der Waals surface area contributed by atoms with E-state index in [1.165, 1.54) is 5.56 Å². The largest absolute Gasteiger partial charge is 0.484 e. The minimum Gasteiger partial charge on any atom is -0.484 e. The lowest BCUT2D eigenvalue weighted by atomic mass is 10.0. The molecule has 190 valence electrons. The number of carbonyl (C=O) groups is 2. The van der Waals surface area contributed by atoms with Crippen LogP contribution < -0.4 is 10.1 Å². The molecule has 0 aromatic heterocycles. The van der Waals surface area contributed by atoms with Gasteiger partial charge < -0.3 is 15.0 Å². The summed E-state index contributed by atoms with van der Waals surface area (Å²) in [6, 6.07) is 24.9. The van der Waals surface area contributed by atoms with Gasteiger partial charge in [0, 0.05) is 19.0 Å². The number of hydrogen-bond donors (Lipinski definition) is 1. The maximum Gasteiger partial charge on any atom is 0.261 e. The van der Waals surface area contributed by atoms with Gasteiger partial charge in [-0.2, -0.15) is 0 Å². The molecule has 2 amide bonds. The Kier molecular flexibility index (Phi) is 9.69. The first-order chi connectivity index (χ1) is 17.2. The summed E-state index contributed by atoms with van der Waals surface area (Å²) in [6.07, 6.45) is 0.417. The zero-order valence-corrected chi connectivity index (χ0v) is 22.0. The molecule has 1 atom stereocenters. The first-order valence-corrected chi connectivity index (χ1v) is 12.6. The number of nitrogens with zero attached hydrogens (tertiary/aromatic N) is 1. The summed E-state index contributed by atoms with van der Waals surface area (Å²) in [5, 5.41) is 3.01. The molecule has 5 heteroatoms. The van der Waals surface area contributed by atoms with Crippen LogP contribution in [-0.2, 0) is 22.6 Å². The monoisotopic (exact) mass is 486 g/mol. The second-order valence-electron chi connectivity index (χ2n) is 9.89. The molecule has 3 aromatic rings. The summed E-state index contributed by atoms with van der Waals surface area (Å²) >= 11 is 0. The third-order valence-corrected chi connectivity index (χ3v) is 6.05. The minimum absolute atomic E-state index is 0.0394. The van der Waals surface area contributed by atoms with Crippen molar-refractivity contribution < 1.29 is 14.3 Å². The molecule has 0 saturated heterocycles. The van der Waals surface area contributed by atoms with Crippen molar-refractivity contribution in [3.8, 4) is 5.75 Å². The lowest BCUT2D eigenvalue weighted by Gasteiger charge is -2.32. The number of carbonyl (C=O) groups excluding carboxylic acids is 2. The van der Waals surface area contributed by atoms with Crippen LogP contribution >= 0.6 is 0 Å². The molecule has 0 fully saturated rings. The van der Waals surface area contributed by atoms with Gasteiger partial charge in [-0.1, -0.05) is 86.1 Å². The van der Waals surface area contributed by atoms with E-state index in [0.717, 1.165) is 16.7 Å². The van der Waals surface area contributed by atoms with Crippen LogP contribution in [0, 0.1) is 6.92 Å². The van der Waals surface area contributed by atoms with Gasteiger partial charge in [0.05, 0.1) is 0 Å². The third-order valence-electron chi connectivity index (χ3n) is 6.05. The molecule has 36 heavy (non-hydrogen) atoms. The van der Waals surface area contributed by atoms with Gasteiger partial charge in [0.25, 0.3) is 5.91 Å². The highest BCUT2D eigenvalue weighted by molar-refractivity contribution is 5.88. The summed E-state index contributed by atoms with van der Waals surface area (Å²) < 4.78 is 5.88. The topological polar surface area (TPSA) is 58.6 Å². The van der Waals surface area contributed by atoms with Crippen molar-refractivity contribution in [2.75, 3.05) is 6.61 Å². The van der Waals surface area contributed by atoms with E-state index in [9.17, 15) is 9.59 Å². The molecular weight excluding hydrogens is 448 g/mol. The Hall–Kier alpha value is -3.60. The van der Waals surface area contributed by atoms with Gasteiger partial charge in [0.1, 0.15) is 11.8 Å². The van der Waals surface area contributed by atoms with Crippen LogP contribution in [0.2, 0.25) is 0 Å². The van der Waals surface area contributed by atoms with Crippen LogP contribution in [-0.4, -0.2) is 35.4 Å². The zero-order valence-electron chi connectivity index (χ0n) is 22.0. The Morgan fingerprint density at radius 3 is 2.14 bits per heavy atom. The van der Waals surface area contributed by atoms with Gasteiger partial charge in [-0.15, -0.1) is 0 Å². The summed E-state index contributed by atoms with van der Waals surface area (Å²) in [4.78, 5) is 28.7. The van der Waals surface area contributed by atoms with Crippen LogP contribution in [0.5, 0.6) is 5.75 Å². The van der Waals surface area contributed by atoms with Gasteiger partial charge in [-0.05, 0) is 55.5 Å². The van der Waals surface area contributed by atoms with Crippen molar-refractivity contribution in [3.05, 3.63) is 101 Å². The standard InChI is InChI=1S/C31H38N2O3/c1-22(2)27-14-16-28(17-15-27)36-21-30(34)33(20-26-13-9-10-24(5)18-26)29(31(35)32-23(3)4)19-25-11-7-6-8-12-25/h6-18,22-23,29H,19-21H2,1-5H3,(H,32,35)/t29-/m1/s1. The van der Waals surface area contributed by atoms with Crippen molar-refractivity contribution in [3.63, 3.8) is 0 Å². The van der Waals surface area contributed by atoms with E-state index in [0.29, 0.717) is 24.6 Å². The smallest absolute Gasteiger partial charge is 0.261 e. The lowest BCUT2D eigenvalue weighted by molar-refractivity contribution is -0.143. The van der Waals surface area contributed by atoms with E-state index in [-0.39, 0.29) is 24.5 Å². The fourth-order valence-corrected chi connectivity index (χ4v) is 4.12. The number of benzene rings is 3. The highest BCUT2D eigenvalue weighted by Gasteiger charge is 2.31. The van der Waals surface area contributed by atoms with Gasteiger partial charge in [-0.25, -0.2) is 0 Å². The molecule has 1 N–H and O–H groups in total. The number of amides is 2. The van der Waals surface area contributed by atoms with Gasteiger partial charge >= 0.3 is 0 Å². The summed E-state index contributed by atoms with van der Waals surface area (Å²) in [5.41, 5.74) is 4.28. The van der Waals surface area contributed by atoms with Crippen molar-refractivity contribution in [1.82, 2.24) is 10.2 Å². The number of aryl methyl sites for hydroxylation is 1. The Labute approximate surface area is 215 Å². The van der Waals surface area contributed by atoms with E-state index in [1.54, 1.807) is 4.90 Å². The summed E-state index contributed by atoms with van der Waals surface area (Å²) in [5.74, 6) is 0.652. The molecule has 0 saturated carbocycles. The number of rotatable bonds is 11. The highest BCUT2D eigenvalue weighted by Crippen LogP contribution is 2.20. The molecule has 0 aliphatic heterocycles. The Morgan fingerprint density at radius 1 is 0.861 bits per heavy atom. The minimum atomic E-state index is -0.672. The number of hydrogen-bond acceptors (Lipinski definition) is 3. The first kappa shape index (κ1) is 27.0. The molecular formula is C31H38N2O3. The molecule has 0 heterocycles. The predicted molar refractivity (Wildman–Crippen MR) is 145 cm³/mol. The fourth-order valence-electron chi connectivity index (χ4n) is 4.12. The molecule has 0 unspecified atom stereocenters. The average Bonchev–Trinajstić information content (AvgIpc) is 2.85. The molecule has 0 bridgehead atoms.